The van der Waals surface area contributed by atoms with E-state index < -0.39 is 0 Å². The van der Waals surface area contributed by atoms with Gasteiger partial charge < -0.3 is 10.8 Å². The molecule has 31 heavy (non-hydrogen) atoms. The van der Waals surface area contributed by atoms with Gasteiger partial charge in [0.2, 0.25) is 0 Å². The van der Waals surface area contributed by atoms with Crippen molar-refractivity contribution < 1.29 is 22.2 Å². The van der Waals surface area contributed by atoms with E-state index in [4.69, 9.17) is 13.6 Å². The Kier molecular flexibility index (Phi) is 14.6. The van der Waals surface area contributed by atoms with E-state index in [-0.39, 0.29) is 19.5 Å². The number of hydrogen-bond acceptors (Lipinski definition) is 6. The second kappa shape index (κ2) is 18.8. The van der Waals surface area contributed by atoms with E-state index in [9.17, 15) is 0 Å². The summed E-state index contributed by atoms with van der Waals surface area (Å²) in [6.07, 6.45) is 6.67. The van der Waals surface area contributed by atoms with Crippen molar-refractivity contribution in [2.45, 2.75) is 0 Å². The second-order valence-electron chi connectivity index (χ2n) is 4.89. The molecule has 0 unspecified atom stereocenters. The van der Waals surface area contributed by atoms with Crippen LogP contribution in [0.25, 0.3) is 33.6 Å². The van der Waals surface area contributed by atoms with Crippen LogP contribution in [0.1, 0.15) is 2.74 Å². The molecule has 0 N–H and O–H groups in total. The van der Waals surface area contributed by atoms with Gasteiger partial charge in [0, 0.05) is 24.8 Å². The minimum absolute atomic E-state index is 0. The van der Waals surface area contributed by atoms with Crippen molar-refractivity contribution in [1.82, 2.24) is 19.9 Å². The maximum Gasteiger partial charge on any atom is 2.00 e. The van der Waals surface area contributed by atoms with Crippen molar-refractivity contribution in [3.8, 4) is 22.8 Å². The van der Waals surface area contributed by atoms with Crippen LogP contribution in [0.4, 0.5) is 0 Å². The molecule has 0 aromatic carbocycles. The molecule has 0 atom stereocenters. The summed E-state index contributed by atoms with van der Waals surface area (Å²) < 4.78 is 14.8. The zero-order valence-electron chi connectivity index (χ0n) is 17.9. The van der Waals surface area contributed by atoms with Crippen LogP contribution in [0, 0.1) is 0 Å². The van der Waals surface area contributed by atoms with Gasteiger partial charge in [-0.15, -0.1) is 0 Å². The molecule has 0 radical (unpaired) electrons. The van der Waals surface area contributed by atoms with Crippen molar-refractivity contribution in [3.63, 3.8) is 0 Å². The van der Waals surface area contributed by atoms with E-state index >= 15 is 0 Å². The summed E-state index contributed by atoms with van der Waals surface area (Å²) >= 11 is 7.40. The Labute approximate surface area is 207 Å². The quantitative estimate of drug-likeness (QED) is 0.190. The molecule has 4 heterocycles. The van der Waals surface area contributed by atoms with Gasteiger partial charge in [-0.1, -0.05) is 48.7 Å². The Morgan fingerprint density at radius 3 is 1.13 bits per heavy atom. The summed E-state index contributed by atoms with van der Waals surface area (Å²) in [5.41, 5.74) is 3.09. The molecule has 4 aromatic heterocycles. The van der Waals surface area contributed by atoms with E-state index in [1.807, 2.05) is 36.4 Å². The minimum atomic E-state index is 0. The number of rotatable bonds is 2. The monoisotopic (exact) mass is 532 g/mol. The topological polar surface area (TPSA) is 96.2 Å². The molecule has 0 aliphatic rings. The maximum absolute atomic E-state index is 7.42. The fourth-order valence-corrected chi connectivity index (χ4v) is 1.96. The van der Waals surface area contributed by atoms with E-state index in [2.05, 4.69) is 44.4 Å². The normalized spacial score (nSPS) is 8.90. The molecule has 0 bridgehead atoms. The number of aromatic nitrogens is 4. The standard InChI is InChI=1S/2C10H8N2.2CNS.Ru/c2*1-3-7-11-9(5-1)10-6-2-4-8-12-10;2*2-1-3;/h2*1-8H;;;/q;;2*-1;+2/i1D,2D;;;;. The zero-order chi connectivity index (χ0) is 23.6. The maximum atomic E-state index is 7.42. The predicted molar refractivity (Wildman–Crippen MR) is 127 cm³/mol. The van der Waals surface area contributed by atoms with Gasteiger partial charge in [-0.2, -0.15) is 10.3 Å². The fraction of sp³-hybridized carbons (Fsp3) is 0. The van der Waals surface area contributed by atoms with Crippen LogP contribution in [0.5, 0.6) is 0 Å². The van der Waals surface area contributed by atoms with E-state index in [1.54, 1.807) is 49.1 Å². The minimum Gasteiger partial charge on any atom is -0.753 e. The smallest absolute Gasteiger partial charge is 0.753 e. The molecule has 0 saturated carbocycles. The number of hydrogen-bond donors (Lipinski definition) is 0. The Morgan fingerprint density at radius 1 is 0.581 bits per heavy atom. The molecule has 0 fully saturated rings. The fourth-order valence-electron chi connectivity index (χ4n) is 1.96. The molecule has 0 spiro atoms. The van der Waals surface area contributed by atoms with Crippen LogP contribution in [-0.2, 0) is 19.5 Å². The van der Waals surface area contributed by atoms with Gasteiger partial charge in [-0.25, -0.2) is 0 Å². The number of nitrogens with zero attached hydrogens (tertiary/aromatic N) is 6. The Bertz CT molecular complexity index is 1060. The second-order valence-corrected chi connectivity index (χ2v) is 5.26. The Morgan fingerprint density at radius 2 is 0.871 bits per heavy atom. The summed E-state index contributed by atoms with van der Waals surface area (Å²) in [7, 11) is 0. The molecule has 0 aliphatic heterocycles. The van der Waals surface area contributed by atoms with Crippen LogP contribution in [0.2, 0.25) is 0 Å². The molecule has 9 heteroatoms. The Hall–Kier alpha value is -3.18. The van der Waals surface area contributed by atoms with Crippen molar-refractivity contribution in [1.29, 1.82) is 0 Å². The van der Waals surface area contributed by atoms with Gasteiger partial charge in [0.15, 0.2) is 0 Å². The molecule has 4 aromatic rings. The van der Waals surface area contributed by atoms with E-state index in [0.29, 0.717) is 23.5 Å². The summed E-state index contributed by atoms with van der Waals surface area (Å²) in [6.45, 7) is 0. The molecule has 154 valence electrons. The SMILES string of the molecule is [2H]c1ccnc(-c2cc([2H])ccn2)c1.[N-]=C=S.[N-]=C=S.[Ru+2].c1ccc(-c2ccccn2)nc1. The van der Waals surface area contributed by atoms with Crippen LogP contribution in [-0.4, -0.2) is 30.3 Å². The third-order valence-electron chi connectivity index (χ3n) is 3.06. The first kappa shape index (κ1) is 24.1. The Balaban J connectivity index is 0.000000493. The molecule has 4 rings (SSSR count). The van der Waals surface area contributed by atoms with Gasteiger partial charge in [0.05, 0.1) is 25.5 Å². The summed E-state index contributed by atoms with van der Waals surface area (Å²) in [6, 6.07) is 18.8. The first-order chi connectivity index (χ1) is 15.5. The van der Waals surface area contributed by atoms with Crippen LogP contribution in [0.3, 0.4) is 0 Å². The van der Waals surface area contributed by atoms with Gasteiger partial charge in [0.25, 0.3) is 0 Å². The number of isothiocyanates is 2. The van der Waals surface area contributed by atoms with Crippen molar-refractivity contribution in [2.75, 3.05) is 0 Å². The first-order valence-electron chi connectivity index (χ1n) is 9.26. The average Bonchev–Trinajstić information content (AvgIpc) is 2.82. The van der Waals surface area contributed by atoms with Crippen LogP contribution in [0.15, 0.2) is 97.5 Å². The van der Waals surface area contributed by atoms with Crippen LogP contribution >= 0.6 is 24.4 Å². The van der Waals surface area contributed by atoms with E-state index in [0.717, 1.165) is 11.4 Å². The van der Waals surface area contributed by atoms with Crippen molar-refractivity contribution >= 4 is 34.8 Å². The molecular formula is C22H16N6RuS2. The predicted octanol–water partition coefficient (Wildman–Crippen LogP) is 5.60. The van der Waals surface area contributed by atoms with E-state index in [1.165, 1.54) is 10.3 Å². The van der Waals surface area contributed by atoms with Gasteiger partial charge in [-0.3, -0.25) is 19.9 Å². The van der Waals surface area contributed by atoms with Crippen molar-refractivity contribution in [2.24, 2.45) is 0 Å². The zero-order valence-corrected chi connectivity index (χ0v) is 19.3. The summed E-state index contributed by atoms with van der Waals surface area (Å²) in [5, 5.41) is 16.9. The third kappa shape index (κ3) is 12.2. The van der Waals surface area contributed by atoms with Gasteiger partial charge >= 0.3 is 19.5 Å². The molecule has 0 saturated heterocycles. The molecule has 0 amide bonds. The number of thiocarbonyl (C=S) groups is 2. The molecule has 0 aliphatic carbocycles. The third-order valence-corrected chi connectivity index (χ3v) is 3.06. The van der Waals surface area contributed by atoms with Gasteiger partial charge in [-0.05, 0) is 48.5 Å². The van der Waals surface area contributed by atoms with Crippen LogP contribution < -0.4 is 0 Å². The largest absolute Gasteiger partial charge is 2.00 e. The summed E-state index contributed by atoms with van der Waals surface area (Å²) in [5.74, 6) is 0. The number of pyridine rings is 4. The molecular weight excluding hydrogens is 513 g/mol. The first-order valence-corrected chi connectivity index (χ1v) is 9.08. The molecule has 6 nitrogen and oxygen atoms in total. The van der Waals surface area contributed by atoms with Gasteiger partial charge in [0.1, 0.15) is 0 Å². The van der Waals surface area contributed by atoms with Crippen molar-refractivity contribution in [3.05, 3.63) is 108 Å². The summed E-state index contributed by atoms with van der Waals surface area (Å²) in [4.78, 5) is 16.5. The average molecular weight is 532 g/mol.